The molecule has 0 saturated heterocycles. The minimum atomic E-state index is -0.856. The number of rotatable bonds is 7. The Balaban J connectivity index is 1.91. The third kappa shape index (κ3) is 4.17. The number of benzene rings is 1. The van der Waals surface area contributed by atoms with E-state index in [0.717, 1.165) is 5.56 Å². The first-order valence-electron chi connectivity index (χ1n) is 6.70. The summed E-state index contributed by atoms with van der Waals surface area (Å²) in [5.41, 5.74) is 1.33. The fourth-order valence-corrected chi connectivity index (χ4v) is 2.55. The average molecular weight is 323 g/mol. The minimum Gasteiger partial charge on any atom is -0.493 e. The molecule has 0 fully saturated rings. The Morgan fingerprint density at radius 2 is 2.27 bits per heavy atom. The van der Waals surface area contributed by atoms with Crippen molar-refractivity contribution in [3.05, 3.63) is 29.3 Å². The lowest BCUT2D eigenvalue weighted by Gasteiger charge is -2.19. The van der Waals surface area contributed by atoms with Crippen molar-refractivity contribution >= 4 is 29.7 Å². The standard InChI is InChI=1S/C15H17NO5S/c1-20-12-4-2-3-10-7-11(8-21-14(10)12)15(19)16-5-6-22-9-13(17)18/h2-4,7H,5-6,8-9H2,1H3,(H,16,19)(H,17,18). The molecule has 0 radical (unpaired) electrons. The number of methoxy groups -OCH3 is 1. The molecule has 7 heteroatoms. The number of carbonyl (C=O) groups is 2. The molecule has 0 saturated carbocycles. The first kappa shape index (κ1) is 16.2. The Morgan fingerprint density at radius 3 is 3.00 bits per heavy atom. The largest absolute Gasteiger partial charge is 0.493 e. The molecule has 1 aliphatic heterocycles. The number of hydrogen-bond acceptors (Lipinski definition) is 5. The molecule has 2 N–H and O–H groups in total. The van der Waals surface area contributed by atoms with Gasteiger partial charge in [-0.3, -0.25) is 9.59 Å². The number of nitrogens with one attached hydrogen (secondary N) is 1. The van der Waals surface area contributed by atoms with Crippen molar-refractivity contribution in [2.45, 2.75) is 0 Å². The molecule has 1 aromatic carbocycles. The van der Waals surface area contributed by atoms with Gasteiger partial charge in [0, 0.05) is 17.9 Å². The van der Waals surface area contributed by atoms with Crippen LogP contribution in [0.1, 0.15) is 5.56 Å². The molecular formula is C15H17NO5S. The number of para-hydroxylation sites is 1. The number of aliphatic carboxylic acids is 1. The molecule has 22 heavy (non-hydrogen) atoms. The smallest absolute Gasteiger partial charge is 0.313 e. The molecule has 118 valence electrons. The molecular weight excluding hydrogens is 306 g/mol. The van der Waals surface area contributed by atoms with Crippen LogP contribution in [0.4, 0.5) is 0 Å². The van der Waals surface area contributed by atoms with E-state index >= 15 is 0 Å². The van der Waals surface area contributed by atoms with Gasteiger partial charge in [0.15, 0.2) is 11.5 Å². The van der Waals surface area contributed by atoms with Crippen LogP contribution in [0.5, 0.6) is 11.5 Å². The van der Waals surface area contributed by atoms with Gasteiger partial charge < -0.3 is 19.9 Å². The van der Waals surface area contributed by atoms with Gasteiger partial charge in [0.1, 0.15) is 6.61 Å². The molecule has 0 spiro atoms. The second-order valence-corrected chi connectivity index (χ2v) is 5.64. The van der Waals surface area contributed by atoms with E-state index in [9.17, 15) is 9.59 Å². The van der Waals surface area contributed by atoms with Crippen LogP contribution in [-0.2, 0) is 9.59 Å². The normalized spacial score (nSPS) is 12.7. The van der Waals surface area contributed by atoms with E-state index in [1.165, 1.54) is 11.8 Å². The highest BCUT2D eigenvalue weighted by atomic mass is 32.2. The van der Waals surface area contributed by atoms with Gasteiger partial charge in [0.25, 0.3) is 5.91 Å². The van der Waals surface area contributed by atoms with Crippen LogP contribution in [0.2, 0.25) is 0 Å². The summed E-state index contributed by atoms with van der Waals surface area (Å²) in [4.78, 5) is 22.4. The van der Waals surface area contributed by atoms with Crippen molar-refractivity contribution in [1.29, 1.82) is 0 Å². The monoisotopic (exact) mass is 323 g/mol. The van der Waals surface area contributed by atoms with Crippen molar-refractivity contribution < 1.29 is 24.2 Å². The minimum absolute atomic E-state index is 0.0366. The van der Waals surface area contributed by atoms with Gasteiger partial charge in [-0.1, -0.05) is 12.1 Å². The quantitative estimate of drug-likeness (QED) is 0.738. The molecule has 0 aromatic heterocycles. The topological polar surface area (TPSA) is 84.9 Å². The number of ether oxygens (including phenoxy) is 2. The second-order valence-electron chi connectivity index (χ2n) is 4.54. The fourth-order valence-electron chi connectivity index (χ4n) is 1.98. The maximum atomic E-state index is 12.0. The van der Waals surface area contributed by atoms with Crippen molar-refractivity contribution in [2.75, 3.05) is 31.8 Å². The van der Waals surface area contributed by atoms with E-state index < -0.39 is 5.97 Å². The fraction of sp³-hybridized carbons (Fsp3) is 0.333. The van der Waals surface area contributed by atoms with Crippen molar-refractivity contribution in [3.8, 4) is 11.5 Å². The number of carboxylic acid groups (broad SMARTS) is 1. The Hall–Kier alpha value is -2.15. The number of fused-ring (bicyclic) bond motifs is 1. The van der Waals surface area contributed by atoms with Crippen LogP contribution in [0.25, 0.3) is 6.08 Å². The molecule has 1 heterocycles. The van der Waals surface area contributed by atoms with Crippen molar-refractivity contribution in [2.24, 2.45) is 0 Å². The van der Waals surface area contributed by atoms with Crippen molar-refractivity contribution in [3.63, 3.8) is 0 Å². The summed E-state index contributed by atoms with van der Waals surface area (Å²) in [6, 6.07) is 5.49. The van der Waals surface area contributed by atoms with E-state index in [4.69, 9.17) is 14.6 Å². The van der Waals surface area contributed by atoms with Crippen LogP contribution in [0, 0.1) is 0 Å². The third-order valence-electron chi connectivity index (χ3n) is 2.98. The summed E-state index contributed by atoms with van der Waals surface area (Å²) in [7, 11) is 1.57. The zero-order valence-corrected chi connectivity index (χ0v) is 12.9. The van der Waals surface area contributed by atoms with Gasteiger partial charge in [-0.15, -0.1) is 11.8 Å². The van der Waals surface area contributed by atoms with E-state index in [2.05, 4.69) is 5.32 Å². The van der Waals surface area contributed by atoms with E-state index in [0.29, 0.717) is 29.4 Å². The van der Waals surface area contributed by atoms with Gasteiger partial charge in [-0.25, -0.2) is 0 Å². The van der Waals surface area contributed by atoms with Crippen LogP contribution < -0.4 is 14.8 Å². The van der Waals surface area contributed by atoms with Crippen LogP contribution >= 0.6 is 11.8 Å². The van der Waals surface area contributed by atoms with Gasteiger partial charge in [-0.05, 0) is 12.1 Å². The summed E-state index contributed by atoms with van der Waals surface area (Å²) in [6.07, 6.45) is 1.78. The Morgan fingerprint density at radius 1 is 1.45 bits per heavy atom. The molecule has 0 atom stereocenters. The molecule has 0 unspecified atom stereocenters. The predicted octanol–water partition coefficient (Wildman–Crippen LogP) is 1.40. The van der Waals surface area contributed by atoms with Gasteiger partial charge in [0.2, 0.25) is 0 Å². The SMILES string of the molecule is COc1cccc2c1OCC(C(=O)NCCSCC(=O)O)=C2. The van der Waals surface area contributed by atoms with E-state index in [1.807, 2.05) is 12.1 Å². The molecule has 1 amide bonds. The molecule has 0 aliphatic carbocycles. The Bertz CT molecular complexity index is 600. The maximum Gasteiger partial charge on any atom is 0.313 e. The predicted molar refractivity (Wildman–Crippen MR) is 84.4 cm³/mol. The van der Waals surface area contributed by atoms with Gasteiger partial charge >= 0.3 is 5.97 Å². The highest BCUT2D eigenvalue weighted by Gasteiger charge is 2.19. The highest BCUT2D eigenvalue weighted by molar-refractivity contribution is 7.99. The Labute approximate surface area is 132 Å². The first-order chi connectivity index (χ1) is 10.6. The number of hydrogen-bond donors (Lipinski definition) is 2. The zero-order valence-electron chi connectivity index (χ0n) is 12.1. The molecule has 1 aromatic rings. The van der Waals surface area contributed by atoms with Crippen LogP contribution in [-0.4, -0.2) is 48.8 Å². The molecule has 6 nitrogen and oxygen atoms in total. The maximum absolute atomic E-state index is 12.0. The van der Waals surface area contributed by atoms with Gasteiger partial charge in [-0.2, -0.15) is 0 Å². The lowest BCUT2D eigenvalue weighted by atomic mass is 10.1. The van der Waals surface area contributed by atoms with Crippen molar-refractivity contribution in [1.82, 2.24) is 5.32 Å². The molecule has 2 rings (SSSR count). The number of amides is 1. The lowest BCUT2D eigenvalue weighted by Crippen LogP contribution is -2.30. The second kappa shape index (κ2) is 7.74. The van der Waals surface area contributed by atoms with Crippen LogP contribution in [0.3, 0.4) is 0 Å². The van der Waals surface area contributed by atoms with Crippen LogP contribution in [0.15, 0.2) is 23.8 Å². The third-order valence-corrected chi connectivity index (χ3v) is 3.92. The van der Waals surface area contributed by atoms with E-state index in [1.54, 1.807) is 19.3 Å². The summed E-state index contributed by atoms with van der Waals surface area (Å²) in [5.74, 6) is 0.803. The summed E-state index contributed by atoms with van der Waals surface area (Å²) >= 11 is 1.26. The molecule has 0 bridgehead atoms. The summed E-state index contributed by atoms with van der Waals surface area (Å²) in [6.45, 7) is 0.598. The molecule has 1 aliphatic rings. The first-order valence-corrected chi connectivity index (χ1v) is 7.85. The zero-order chi connectivity index (χ0) is 15.9. The summed E-state index contributed by atoms with van der Waals surface area (Å²) < 4.78 is 10.8. The number of carbonyl (C=O) groups excluding carboxylic acids is 1. The van der Waals surface area contributed by atoms with E-state index in [-0.39, 0.29) is 18.3 Å². The van der Waals surface area contributed by atoms with Gasteiger partial charge in [0.05, 0.1) is 18.4 Å². The Kier molecular flexibility index (Phi) is 5.71. The summed E-state index contributed by atoms with van der Waals surface area (Å²) in [5, 5.41) is 11.3. The average Bonchev–Trinajstić information content (AvgIpc) is 2.52. The number of thioether (sulfide) groups is 1. The highest BCUT2D eigenvalue weighted by Crippen LogP contribution is 2.35. The number of carboxylic acids is 1. The lowest BCUT2D eigenvalue weighted by molar-refractivity contribution is -0.133.